The molecule has 2 N–H and O–H groups in total. The predicted molar refractivity (Wildman–Crippen MR) is 71.3 cm³/mol. The summed E-state index contributed by atoms with van der Waals surface area (Å²) in [6, 6.07) is -0.542. The highest BCUT2D eigenvalue weighted by Gasteiger charge is 2.24. The van der Waals surface area contributed by atoms with Crippen LogP contribution in [0.4, 0.5) is 4.79 Å². The van der Waals surface area contributed by atoms with Gasteiger partial charge in [0, 0.05) is 6.54 Å². The number of carbonyl (C=O) groups excluding carboxylic acids is 2. The van der Waals surface area contributed by atoms with Crippen LogP contribution in [0, 0.1) is 5.92 Å². The van der Waals surface area contributed by atoms with Crippen molar-refractivity contribution in [2.24, 2.45) is 5.92 Å². The van der Waals surface area contributed by atoms with E-state index in [1.807, 2.05) is 20.8 Å². The van der Waals surface area contributed by atoms with E-state index in [4.69, 9.17) is 4.74 Å². The molecule has 0 aromatic heterocycles. The highest BCUT2D eigenvalue weighted by molar-refractivity contribution is 5.85. The molecule has 0 aliphatic heterocycles. The predicted octanol–water partition coefficient (Wildman–Crippen LogP) is 2.06. The lowest BCUT2D eigenvalue weighted by atomic mass is 10.0. The molecule has 0 aliphatic carbocycles. The molecule has 0 radical (unpaired) electrons. The average molecular weight is 258 g/mol. The standard InChI is InChI=1S/C13H26N2O3/c1-7-14-11(16)10(8-9(2)3)15-12(17)18-13(4,5)6/h9-10H,7-8H2,1-6H3,(H,14,16)(H,15,17). The molecule has 106 valence electrons. The summed E-state index contributed by atoms with van der Waals surface area (Å²) >= 11 is 0. The van der Waals surface area contributed by atoms with Crippen LogP contribution < -0.4 is 10.6 Å². The zero-order valence-electron chi connectivity index (χ0n) is 12.3. The van der Waals surface area contributed by atoms with Gasteiger partial charge < -0.3 is 15.4 Å². The van der Waals surface area contributed by atoms with Gasteiger partial charge in [-0.3, -0.25) is 4.79 Å². The highest BCUT2D eigenvalue weighted by Crippen LogP contribution is 2.09. The minimum atomic E-state index is -0.562. The van der Waals surface area contributed by atoms with Gasteiger partial charge in [-0.2, -0.15) is 0 Å². The quantitative estimate of drug-likeness (QED) is 0.793. The van der Waals surface area contributed by atoms with Gasteiger partial charge in [0.1, 0.15) is 11.6 Å². The largest absolute Gasteiger partial charge is 0.444 e. The Morgan fingerprint density at radius 3 is 2.17 bits per heavy atom. The smallest absolute Gasteiger partial charge is 0.408 e. The molecule has 0 fully saturated rings. The van der Waals surface area contributed by atoms with Crippen molar-refractivity contribution >= 4 is 12.0 Å². The summed E-state index contributed by atoms with van der Waals surface area (Å²) < 4.78 is 5.15. The van der Waals surface area contributed by atoms with Gasteiger partial charge in [0.25, 0.3) is 0 Å². The van der Waals surface area contributed by atoms with Crippen LogP contribution in [0.3, 0.4) is 0 Å². The fraction of sp³-hybridized carbons (Fsp3) is 0.846. The summed E-state index contributed by atoms with van der Waals surface area (Å²) in [5.74, 6) is 0.143. The van der Waals surface area contributed by atoms with Gasteiger partial charge >= 0.3 is 6.09 Å². The third-order valence-corrected chi connectivity index (χ3v) is 2.07. The molecule has 0 bridgehead atoms. The molecule has 0 aliphatic rings. The molecule has 0 aromatic carbocycles. The normalized spacial score (nSPS) is 13.1. The molecule has 18 heavy (non-hydrogen) atoms. The fourth-order valence-electron chi connectivity index (χ4n) is 1.45. The molecule has 1 atom stereocenters. The van der Waals surface area contributed by atoms with E-state index >= 15 is 0 Å². The Labute approximate surface area is 110 Å². The number of rotatable bonds is 5. The zero-order chi connectivity index (χ0) is 14.3. The molecule has 0 aromatic rings. The van der Waals surface area contributed by atoms with Crippen LogP contribution in [0.5, 0.6) is 0 Å². The molecule has 0 saturated heterocycles. The summed E-state index contributed by atoms with van der Waals surface area (Å²) in [5.41, 5.74) is -0.562. The van der Waals surface area contributed by atoms with Gasteiger partial charge in [0.05, 0.1) is 0 Å². The maximum atomic E-state index is 11.8. The van der Waals surface area contributed by atoms with Crippen molar-refractivity contribution in [3.05, 3.63) is 0 Å². The van der Waals surface area contributed by atoms with Crippen molar-refractivity contribution < 1.29 is 14.3 Å². The number of carbonyl (C=O) groups is 2. The number of alkyl carbamates (subject to hydrolysis) is 1. The minimum absolute atomic E-state index is 0.169. The van der Waals surface area contributed by atoms with Crippen molar-refractivity contribution in [1.29, 1.82) is 0 Å². The van der Waals surface area contributed by atoms with Gasteiger partial charge in [0.15, 0.2) is 0 Å². The Hall–Kier alpha value is -1.26. The molecule has 1 unspecified atom stereocenters. The highest BCUT2D eigenvalue weighted by atomic mass is 16.6. The maximum Gasteiger partial charge on any atom is 0.408 e. The van der Waals surface area contributed by atoms with Crippen molar-refractivity contribution in [1.82, 2.24) is 10.6 Å². The lowest BCUT2D eigenvalue weighted by Crippen LogP contribution is -2.48. The van der Waals surface area contributed by atoms with Crippen LogP contribution in [0.25, 0.3) is 0 Å². The Morgan fingerprint density at radius 2 is 1.78 bits per heavy atom. The van der Waals surface area contributed by atoms with E-state index in [-0.39, 0.29) is 5.91 Å². The molecule has 0 rings (SSSR count). The summed E-state index contributed by atoms with van der Waals surface area (Å²) in [5, 5.41) is 5.33. The second kappa shape index (κ2) is 7.24. The summed E-state index contributed by atoms with van der Waals surface area (Å²) in [6.45, 7) is 11.8. The van der Waals surface area contributed by atoms with Gasteiger partial charge in [-0.25, -0.2) is 4.79 Å². The Morgan fingerprint density at radius 1 is 1.22 bits per heavy atom. The SMILES string of the molecule is CCNC(=O)C(CC(C)C)NC(=O)OC(C)(C)C. The fourth-order valence-corrected chi connectivity index (χ4v) is 1.45. The summed E-state index contributed by atoms with van der Waals surface area (Å²) in [4.78, 5) is 23.4. The number of nitrogens with one attached hydrogen (secondary N) is 2. The number of hydrogen-bond donors (Lipinski definition) is 2. The first kappa shape index (κ1) is 16.7. The molecule has 5 nitrogen and oxygen atoms in total. The van der Waals surface area contributed by atoms with E-state index in [1.54, 1.807) is 20.8 Å². The van der Waals surface area contributed by atoms with E-state index in [1.165, 1.54) is 0 Å². The average Bonchev–Trinajstić information content (AvgIpc) is 2.13. The Bertz CT molecular complexity index is 282. The Balaban J connectivity index is 4.49. The lowest BCUT2D eigenvalue weighted by molar-refractivity contribution is -0.123. The van der Waals surface area contributed by atoms with E-state index in [2.05, 4.69) is 10.6 Å². The number of hydrogen-bond acceptors (Lipinski definition) is 3. The first-order chi connectivity index (χ1) is 8.15. The van der Waals surface area contributed by atoms with E-state index in [0.29, 0.717) is 18.9 Å². The third kappa shape index (κ3) is 7.92. The lowest BCUT2D eigenvalue weighted by Gasteiger charge is -2.24. The van der Waals surface area contributed by atoms with Gasteiger partial charge in [0.2, 0.25) is 5.91 Å². The van der Waals surface area contributed by atoms with Crippen LogP contribution in [0.2, 0.25) is 0 Å². The number of amides is 2. The summed E-state index contributed by atoms with van der Waals surface area (Å²) in [6.07, 6.45) is 0.0323. The van der Waals surface area contributed by atoms with Crippen LogP contribution >= 0.6 is 0 Å². The minimum Gasteiger partial charge on any atom is -0.444 e. The van der Waals surface area contributed by atoms with Crippen molar-refractivity contribution in [2.45, 2.75) is 59.6 Å². The first-order valence-electron chi connectivity index (χ1n) is 6.43. The third-order valence-electron chi connectivity index (χ3n) is 2.07. The molecule has 0 heterocycles. The summed E-state index contributed by atoms with van der Waals surface area (Å²) in [7, 11) is 0. The maximum absolute atomic E-state index is 11.8. The van der Waals surface area contributed by atoms with Gasteiger partial charge in [-0.15, -0.1) is 0 Å². The second-order valence-electron chi connectivity index (χ2n) is 5.72. The number of likely N-dealkylation sites (N-methyl/N-ethyl adjacent to an activating group) is 1. The van der Waals surface area contributed by atoms with E-state index in [0.717, 1.165) is 0 Å². The van der Waals surface area contributed by atoms with Gasteiger partial charge in [-0.1, -0.05) is 13.8 Å². The first-order valence-corrected chi connectivity index (χ1v) is 6.43. The monoisotopic (exact) mass is 258 g/mol. The Kier molecular flexibility index (Phi) is 6.73. The van der Waals surface area contributed by atoms with E-state index in [9.17, 15) is 9.59 Å². The van der Waals surface area contributed by atoms with Crippen molar-refractivity contribution in [3.63, 3.8) is 0 Å². The van der Waals surface area contributed by atoms with Gasteiger partial charge in [-0.05, 0) is 40.0 Å². The van der Waals surface area contributed by atoms with Crippen molar-refractivity contribution in [2.75, 3.05) is 6.54 Å². The topological polar surface area (TPSA) is 67.4 Å². The molecular formula is C13H26N2O3. The number of ether oxygens (including phenoxy) is 1. The molecule has 0 saturated carbocycles. The molecule has 2 amide bonds. The van der Waals surface area contributed by atoms with Crippen LogP contribution in [-0.2, 0) is 9.53 Å². The van der Waals surface area contributed by atoms with Crippen LogP contribution in [0.1, 0.15) is 48.0 Å². The molecule has 0 spiro atoms. The van der Waals surface area contributed by atoms with E-state index < -0.39 is 17.7 Å². The van der Waals surface area contributed by atoms with Crippen molar-refractivity contribution in [3.8, 4) is 0 Å². The van der Waals surface area contributed by atoms with Crippen LogP contribution in [0.15, 0.2) is 0 Å². The molecular weight excluding hydrogens is 232 g/mol. The molecule has 5 heteroatoms. The van der Waals surface area contributed by atoms with Crippen LogP contribution in [-0.4, -0.2) is 30.2 Å². The zero-order valence-corrected chi connectivity index (χ0v) is 12.3. The second-order valence-corrected chi connectivity index (χ2v) is 5.72.